The molecule has 2 heterocycles. The molecule has 0 radical (unpaired) electrons. The quantitative estimate of drug-likeness (QED) is 0.380. The van der Waals surface area contributed by atoms with Gasteiger partial charge in [0.1, 0.15) is 28.9 Å². The molecule has 6 heteroatoms. The van der Waals surface area contributed by atoms with Gasteiger partial charge in [0.15, 0.2) is 5.58 Å². The van der Waals surface area contributed by atoms with E-state index in [9.17, 15) is 9.59 Å². The highest BCUT2D eigenvalue weighted by Gasteiger charge is 2.24. The lowest BCUT2D eigenvalue weighted by Crippen LogP contribution is -2.08. The fourth-order valence-electron chi connectivity index (χ4n) is 3.29. The van der Waals surface area contributed by atoms with Gasteiger partial charge in [-0.15, -0.1) is 0 Å². The number of hydrogen-bond donors (Lipinski definition) is 0. The van der Waals surface area contributed by atoms with Crippen LogP contribution in [0.4, 0.5) is 0 Å². The number of methoxy groups -OCH3 is 1. The van der Waals surface area contributed by atoms with Crippen molar-refractivity contribution in [2.75, 3.05) is 13.7 Å². The monoisotopic (exact) mass is 378 g/mol. The highest BCUT2D eigenvalue weighted by atomic mass is 16.5. The Morgan fingerprint density at radius 3 is 2.50 bits per heavy atom. The maximum atomic E-state index is 12.8. The normalized spacial score (nSPS) is 11.1. The van der Waals surface area contributed by atoms with Gasteiger partial charge >= 0.3 is 11.6 Å². The topological polar surface area (TPSA) is 78.9 Å². The number of ether oxygens (including phenoxy) is 2. The molecule has 0 aliphatic carbocycles. The summed E-state index contributed by atoms with van der Waals surface area (Å²) < 4.78 is 21.8. The fraction of sp³-hybridized carbons (Fsp3) is 0.182. The maximum absolute atomic E-state index is 12.8. The minimum Gasteiger partial charge on any atom is -0.497 e. The van der Waals surface area contributed by atoms with Gasteiger partial charge in [-0.05, 0) is 36.8 Å². The van der Waals surface area contributed by atoms with Crippen LogP contribution in [0.1, 0.15) is 12.7 Å². The Kier molecular flexibility index (Phi) is 4.61. The molecule has 142 valence electrons. The van der Waals surface area contributed by atoms with Crippen molar-refractivity contribution in [3.8, 4) is 16.9 Å². The van der Waals surface area contributed by atoms with Crippen molar-refractivity contribution >= 4 is 27.9 Å². The van der Waals surface area contributed by atoms with Crippen LogP contribution in [-0.2, 0) is 16.0 Å². The molecule has 2 aromatic heterocycles. The second-order valence-corrected chi connectivity index (χ2v) is 6.20. The molecule has 4 rings (SSSR count). The van der Waals surface area contributed by atoms with E-state index in [-0.39, 0.29) is 13.0 Å². The molecule has 0 aliphatic heterocycles. The van der Waals surface area contributed by atoms with E-state index >= 15 is 0 Å². The van der Waals surface area contributed by atoms with Gasteiger partial charge in [-0.1, -0.05) is 24.3 Å². The van der Waals surface area contributed by atoms with Gasteiger partial charge in [-0.25, -0.2) is 4.79 Å². The Labute approximate surface area is 160 Å². The van der Waals surface area contributed by atoms with Crippen LogP contribution in [0.2, 0.25) is 0 Å². The molecule has 0 N–H and O–H groups in total. The summed E-state index contributed by atoms with van der Waals surface area (Å²) in [7, 11) is 1.58. The van der Waals surface area contributed by atoms with Crippen LogP contribution in [0.5, 0.6) is 5.75 Å². The zero-order valence-electron chi connectivity index (χ0n) is 15.5. The molecular formula is C22H18O6. The van der Waals surface area contributed by atoms with Crippen LogP contribution in [0.25, 0.3) is 33.1 Å². The number of esters is 1. The molecule has 4 aromatic rings. The molecule has 28 heavy (non-hydrogen) atoms. The van der Waals surface area contributed by atoms with E-state index in [4.69, 9.17) is 18.3 Å². The Hall–Kier alpha value is -3.54. The summed E-state index contributed by atoms with van der Waals surface area (Å²) in [6.45, 7) is 2.01. The minimum atomic E-state index is -0.515. The van der Waals surface area contributed by atoms with Crippen molar-refractivity contribution in [1.29, 1.82) is 0 Å². The van der Waals surface area contributed by atoms with E-state index in [1.165, 1.54) is 0 Å². The third-order valence-corrected chi connectivity index (χ3v) is 4.51. The van der Waals surface area contributed by atoms with Gasteiger partial charge in [-0.3, -0.25) is 4.79 Å². The molecular weight excluding hydrogens is 360 g/mol. The van der Waals surface area contributed by atoms with E-state index in [0.717, 1.165) is 5.56 Å². The highest BCUT2D eigenvalue weighted by molar-refractivity contribution is 6.07. The number of furan rings is 1. The van der Waals surface area contributed by atoms with E-state index in [1.807, 2.05) is 24.3 Å². The van der Waals surface area contributed by atoms with Crippen molar-refractivity contribution in [1.82, 2.24) is 0 Å². The first kappa shape index (κ1) is 17.9. The number of para-hydroxylation sites is 1. The lowest BCUT2D eigenvalue weighted by atomic mass is 10.0. The molecule has 0 aliphatic rings. The largest absolute Gasteiger partial charge is 0.497 e. The van der Waals surface area contributed by atoms with Gasteiger partial charge < -0.3 is 18.3 Å². The Balaban J connectivity index is 2.01. The van der Waals surface area contributed by atoms with Gasteiger partial charge in [0, 0.05) is 5.56 Å². The zero-order valence-corrected chi connectivity index (χ0v) is 15.5. The Morgan fingerprint density at radius 2 is 1.79 bits per heavy atom. The van der Waals surface area contributed by atoms with E-state index < -0.39 is 11.6 Å². The predicted molar refractivity (Wildman–Crippen MR) is 105 cm³/mol. The van der Waals surface area contributed by atoms with Crippen LogP contribution in [-0.4, -0.2) is 19.7 Å². The number of carbonyl (C=O) groups excluding carboxylic acids is 1. The third-order valence-electron chi connectivity index (χ3n) is 4.51. The molecule has 0 saturated heterocycles. The smallest absolute Gasteiger partial charge is 0.348 e. The van der Waals surface area contributed by atoms with Gasteiger partial charge in [0.2, 0.25) is 0 Å². The summed E-state index contributed by atoms with van der Waals surface area (Å²) >= 11 is 0. The van der Waals surface area contributed by atoms with Crippen LogP contribution in [0.15, 0.2) is 62.2 Å². The summed E-state index contributed by atoms with van der Waals surface area (Å²) in [4.78, 5) is 24.9. The SMILES string of the molecule is CCOC(=O)Cc1oc2c(c1-c1ccc(OC)cc1)c(=O)oc1ccccc12. The number of hydrogen-bond acceptors (Lipinski definition) is 6. The second-order valence-electron chi connectivity index (χ2n) is 6.20. The summed E-state index contributed by atoms with van der Waals surface area (Å²) in [5.74, 6) is 0.619. The Morgan fingerprint density at radius 1 is 1.04 bits per heavy atom. The average Bonchev–Trinajstić information content (AvgIpc) is 3.08. The number of fused-ring (bicyclic) bond motifs is 3. The molecule has 0 amide bonds. The third kappa shape index (κ3) is 3.03. The maximum Gasteiger partial charge on any atom is 0.348 e. The van der Waals surface area contributed by atoms with E-state index in [0.29, 0.717) is 39.0 Å². The Bertz CT molecular complexity index is 1210. The van der Waals surface area contributed by atoms with E-state index in [1.54, 1.807) is 38.3 Å². The molecule has 6 nitrogen and oxygen atoms in total. The fourth-order valence-corrected chi connectivity index (χ4v) is 3.29. The molecule has 0 unspecified atom stereocenters. The lowest BCUT2D eigenvalue weighted by molar-refractivity contribution is -0.142. The van der Waals surface area contributed by atoms with Gasteiger partial charge in [-0.2, -0.15) is 0 Å². The van der Waals surface area contributed by atoms with Gasteiger partial charge in [0.25, 0.3) is 0 Å². The molecule has 0 bridgehead atoms. The first-order valence-corrected chi connectivity index (χ1v) is 8.89. The van der Waals surface area contributed by atoms with E-state index in [2.05, 4.69) is 0 Å². The molecule has 0 spiro atoms. The molecule has 0 atom stereocenters. The highest BCUT2D eigenvalue weighted by Crippen LogP contribution is 2.37. The first-order chi connectivity index (χ1) is 13.6. The van der Waals surface area contributed by atoms with Gasteiger partial charge in [0.05, 0.1) is 19.1 Å². The van der Waals surface area contributed by atoms with Crippen LogP contribution >= 0.6 is 0 Å². The summed E-state index contributed by atoms with van der Waals surface area (Å²) in [6.07, 6.45) is -0.0857. The number of carbonyl (C=O) groups is 1. The van der Waals surface area contributed by atoms with Crippen molar-refractivity contribution in [3.63, 3.8) is 0 Å². The van der Waals surface area contributed by atoms with Crippen molar-refractivity contribution in [3.05, 3.63) is 64.7 Å². The summed E-state index contributed by atoms with van der Waals surface area (Å²) in [5, 5.41) is 0.977. The van der Waals surface area contributed by atoms with Crippen molar-refractivity contribution < 1.29 is 23.1 Å². The number of rotatable bonds is 5. The summed E-state index contributed by atoms with van der Waals surface area (Å²) in [6, 6.07) is 14.3. The lowest BCUT2D eigenvalue weighted by Gasteiger charge is -2.05. The summed E-state index contributed by atoms with van der Waals surface area (Å²) in [5.41, 5.74) is 1.57. The predicted octanol–water partition coefficient (Wildman–Crippen LogP) is 4.32. The minimum absolute atomic E-state index is 0.0857. The first-order valence-electron chi connectivity index (χ1n) is 8.89. The zero-order chi connectivity index (χ0) is 19.7. The van der Waals surface area contributed by atoms with Crippen molar-refractivity contribution in [2.45, 2.75) is 13.3 Å². The molecule has 2 aromatic carbocycles. The average molecular weight is 378 g/mol. The van der Waals surface area contributed by atoms with Crippen LogP contribution in [0, 0.1) is 0 Å². The number of benzene rings is 2. The van der Waals surface area contributed by atoms with Crippen LogP contribution < -0.4 is 10.4 Å². The van der Waals surface area contributed by atoms with Crippen molar-refractivity contribution in [2.24, 2.45) is 0 Å². The second kappa shape index (κ2) is 7.23. The van der Waals surface area contributed by atoms with Crippen LogP contribution in [0.3, 0.4) is 0 Å². The standard InChI is InChI=1S/C22H18O6/c1-3-26-18(23)12-17-19(13-8-10-14(25-2)11-9-13)20-21(27-17)15-6-4-5-7-16(15)28-22(20)24/h4-11H,3,12H2,1-2H3. The molecule has 0 saturated carbocycles. The molecule has 0 fully saturated rings.